The molecular formula is C44H27N3O. The maximum Gasteiger partial charge on any atom is 0.165 e. The van der Waals surface area contributed by atoms with Gasteiger partial charge < -0.3 is 4.42 Å². The normalized spacial score (nSPS) is 11.8. The Kier molecular flexibility index (Phi) is 5.84. The van der Waals surface area contributed by atoms with Crippen LogP contribution >= 0.6 is 0 Å². The lowest BCUT2D eigenvalue weighted by Gasteiger charge is -2.12. The molecule has 0 saturated heterocycles. The van der Waals surface area contributed by atoms with Gasteiger partial charge in [0.2, 0.25) is 0 Å². The molecular weight excluding hydrogens is 587 g/mol. The highest BCUT2D eigenvalue weighted by Gasteiger charge is 2.23. The molecule has 4 heteroatoms. The molecule has 0 aliphatic rings. The van der Waals surface area contributed by atoms with Gasteiger partial charge in [-0.2, -0.15) is 0 Å². The predicted octanol–water partition coefficient (Wildman–Crippen LogP) is 11.6. The molecule has 0 radical (unpaired) electrons. The van der Waals surface area contributed by atoms with Crippen LogP contribution in [-0.2, 0) is 0 Å². The van der Waals surface area contributed by atoms with Crippen molar-refractivity contribution >= 4 is 54.8 Å². The SMILES string of the molecule is c1ccc(-c2nc3c4cc(-c5ccc6ccccc6c5)ccc4n(-c4ccccc4)c3nc2-c2cccc3oc4ccccc4c23)cc1. The van der Waals surface area contributed by atoms with Crippen LogP contribution in [0.5, 0.6) is 0 Å². The summed E-state index contributed by atoms with van der Waals surface area (Å²) in [6.07, 6.45) is 0. The Balaban J connectivity index is 1.32. The molecule has 0 N–H and O–H groups in total. The monoisotopic (exact) mass is 613 g/mol. The van der Waals surface area contributed by atoms with Crippen molar-refractivity contribution in [2.45, 2.75) is 0 Å². The minimum atomic E-state index is 0.811. The first-order valence-corrected chi connectivity index (χ1v) is 16.2. The summed E-state index contributed by atoms with van der Waals surface area (Å²) < 4.78 is 8.56. The van der Waals surface area contributed by atoms with Gasteiger partial charge in [-0.15, -0.1) is 0 Å². The first kappa shape index (κ1) is 26.7. The first-order chi connectivity index (χ1) is 23.8. The van der Waals surface area contributed by atoms with E-state index in [1.165, 1.54) is 16.3 Å². The minimum absolute atomic E-state index is 0.811. The van der Waals surface area contributed by atoms with E-state index in [1.54, 1.807) is 0 Å². The van der Waals surface area contributed by atoms with E-state index in [-0.39, 0.29) is 0 Å². The standard InChI is InChI=1S/C44H27N3O/c1-3-13-29(14-4-1)41-42(35-19-11-21-39-40(35)34-18-9-10-20-38(34)48-39)46-44-43(45-41)36-27-32(31-23-22-28-12-7-8-15-30(28)26-31)24-25-37(36)47(44)33-16-5-2-6-17-33/h1-27H. The fourth-order valence-corrected chi connectivity index (χ4v) is 7.14. The fraction of sp³-hybridized carbons (Fsp3) is 0. The van der Waals surface area contributed by atoms with Crippen LogP contribution in [0.15, 0.2) is 168 Å². The second-order valence-corrected chi connectivity index (χ2v) is 12.2. The lowest BCUT2D eigenvalue weighted by molar-refractivity contribution is 0.669. The van der Waals surface area contributed by atoms with Crippen molar-refractivity contribution < 1.29 is 4.42 Å². The predicted molar refractivity (Wildman–Crippen MR) is 197 cm³/mol. The molecule has 0 fully saturated rings. The number of aromatic nitrogens is 3. The smallest absolute Gasteiger partial charge is 0.165 e. The van der Waals surface area contributed by atoms with Crippen molar-refractivity contribution in [3.05, 3.63) is 164 Å². The molecule has 0 bridgehead atoms. The number of hydrogen-bond acceptors (Lipinski definition) is 3. The second-order valence-electron chi connectivity index (χ2n) is 12.2. The topological polar surface area (TPSA) is 43.9 Å². The zero-order valence-corrected chi connectivity index (χ0v) is 25.8. The van der Waals surface area contributed by atoms with Crippen LogP contribution < -0.4 is 0 Å². The van der Waals surface area contributed by atoms with Gasteiger partial charge >= 0.3 is 0 Å². The van der Waals surface area contributed by atoms with E-state index in [0.29, 0.717) is 0 Å². The largest absolute Gasteiger partial charge is 0.456 e. The summed E-state index contributed by atoms with van der Waals surface area (Å²) in [5, 5.41) is 5.61. The van der Waals surface area contributed by atoms with Gasteiger partial charge in [-0.05, 0) is 64.4 Å². The number of hydrogen-bond donors (Lipinski definition) is 0. The second kappa shape index (κ2) is 10.5. The molecule has 0 spiro atoms. The highest BCUT2D eigenvalue weighted by molar-refractivity contribution is 6.14. The number of rotatable bonds is 4. The molecule has 0 aliphatic heterocycles. The van der Waals surface area contributed by atoms with Crippen molar-refractivity contribution in [3.8, 4) is 39.3 Å². The summed E-state index contributed by atoms with van der Waals surface area (Å²) >= 11 is 0. The molecule has 3 aromatic heterocycles. The molecule has 48 heavy (non-hydrogen) atoms. The Bertz CT molecular complexity index is 2830. The van der Waals surface area contributed by atoms with Gasteiger partial charge in [0.15, 0.2) is 5.65 Å². The summed E-state index contributed by atoms with van der Waals surface area (Å²) in [7, 11) is 0. The van der Waals surface area contributed by atoms with Crippen molar-refractivity contribution in [1.29, 1.82) is 0 Å². The average Bonchev–Trinajstić information content (AvgIpc) is 3.70. The van der Waals surface area contributed by atoms with E-state index >= 15 is 0 Å². The zero-order chi connectivity index (χ0) is 31.6. The van der Waals surface area contributed by atoms with Crippen LogP contribution in [0.3, 0.4) is 0 Å². The third-order valence-electron chi connectivity index (χ3n) is 9.38. The molecule has 3 heterocycles. The molecule has 0 atom stereocenters. The summed E-state index contributed by atoms with van der Waals surface area (Å²) in [6, 6.07) is 57.1. The van der Waals surface area contributed by atoms with Crippen molar-refractivity contribution in [2.75, 3.05) is 0 Å². The highest BCUT2D eigenvalue weighted by atomic mass is 16.3. The number of benzene rings is 7. The van der Waals surface area contributed by atoms with E-state index in [2.05, 4.69) is 132 Å². The number of nitrogens with zero attached hydrogens (tertiary/aromatic N) is 3. The summed E-state index contributed by atoms with van der Waals surface area (Å²) in [5.41, 5.74) is 11.4. The van der Waals surface area contributed by atoms with Crippen molar-refractivity contribution in [3.63, 3.8) is 0 Å². The third-order valence-corrected chi connectivity index (χ3v) is 9.38. The lowest BCUT2D eigenvalue weighted by atomic mass is 9.99. The van der Waals surface area contributed by atoms with Crippen LogP contribution in [0, 0.1) is 0 Å². The van der Waals surface area contributed by atoms with Crippen LogP contribution in [0.1, 0.15) is 0 Å². The van der Waals surface area contributed by atoms with Crippen molar-refractivity contribution in [1.82, 2.24) is 14.5 Å². The van der Waals surface area contributed by atoms with Crippen LogP contribution in [0.2, 0.25) is 0 Å². The summed E-state index contributed by atoms with van der Waals surface area (Å²) in [6.45, 7) is 0. The first-order valence-electron chi connectivity index (χ1n) is 16.2. The zero-order valence-electron chi connectivity index (χ0n) is 25.8. The van der Waals surface area contributed by atoms with Gasteiger partial charge in [0.1, 0.15) is 16.7 Å². The highest BCUT2D eigenvalue weighted by Crippen LogP contribution is 2.42. The quantitative estimate of drug-likeness (QED) is 0.198. The van der Waals surface area contributed by atoms with Gasteiger partial charge in [0, 0.05) is 33.0 Å². The van der Waals surface area contributed by atoms with Crippen LogP contribution in [0.25, 0.3) is 94.1 Å². The van der Waals surface area contributed by atoms with E-state index in [9.17, 15) is 0 Å². The van der Waals surface area contributed by atoms with Gasteiger partial charge in [0.25, 0.3) is 0 Å². The van der Waals surface area contributed by atoms with Gasteiger partial charge in [-0.25, -0.2) is 9.97 Å². The Labute approximate surface area is 276 Å². The van der Waals surface area contributed by atoms with Gasteiger partial charge in [-0.1, -0.05) is 121 Å². The molecule has 0 saturated carbocycles. The Morgan fingerprint density at radius 3 is 2.04 bits per heavy atom. The minimum Gasteiger partial charge on any atom is -0.456 e. The van der Waals surface area contributed by atoms with Crippen LogP contribution in [-0.4, -0.2) is 14.5 Å². The third kappa shape index (κ3) is 4.10. The van der Waals surface area contributed by atoms with Crippen molar-refractivity contribution in [2.24, 2.45) is 0 Å². The molecule has 224 valence electrons. The van der Waals surface area contributed by atoms with E-state index in [0.717, 1.165) is 77.8 Å². The van der Waals surface area contributed by atoms with Gasteiger partial charge in [0.05, 0.1) is 16.9 Å². The fourth-order valence-electron chi connectivity index (χ4n) is 7.14. The average molecular weight is 614 g/mol. The summed E-state index contributed by atoms with van der Waals surface area (Å²) in [5.74, 6) is 0. The molecule has 10 rings (SSSR count). The van der Waals surface area contributed by atoms with E-state index in [1.807, 2.05) is 36.4 Å². The molecule has 4 nitrogen and oxygen atoms in total. The summed E-state index contributed by atoms with van der Waals surface area (Å²) in [4.78, 5) is 11.1. The number of para-hydroxylation sites is 2. The Morgan fingerprint density at radius 1 is 0.458 bits per heavy atom. The van der Waals surface area contributed by atoms with Gasteiger partial charge in [-0.3, -0.25) is 4.57 Å². The maximum atomic E-state index is 6.32. The molecule has 0 aliphatic carbocycles. The molecule has 0 amide bonds. The molecule has 0 unspecified atom stereocenters. The van der Waals surface area contributed by atoms with E-state index < -0.39 is 0 Å². The Morgan fingerprint density at radius 2 is 1.17 bits per heavy atom. The maximum absolute atomic E-state index is 6.32. The molecule has 10 aromatic rings. The van der Waals surface area contributed by atoms with E-state index in [4.69, 9.17) is 14.4 Å². The Hall–Kier alpha value is -6.52. The molecule has 7 aromatic carbocycles. The number of furan rings is 1. The lowest BCUT2D eigenvalue weighted by Crippen LogP contribution is -1.99. The number of fused-ring (bicyclic) bond motifs is 7. The van der Waals surface area contributed by atoms with Crippen LogP contribution in [0.4, 0.5) is 0 Å².